The lowest BCUT2D eigenvalue weighted by Crippen LogP contribution is -2.45. The fraction of sp³-hybridized carbons (Fsp3) is 0.571. The SMILES string of the molecule is c1cc2c(cc1NCN1CCNCC1)CCCO2. The van der Waals surface area contributed by atoms with E-state index in [1.807, 2.05) is 0 Å². The molecule has 1 saturated heterocycles. The normalized spacial score (nSPS) is 20.0. The summed E-state index contributed by atoms with van der Waals surface area (Å²) in [5.74, 6) is 1.06. The highest BCUT2D eigenvalue weighted by atomic mass is 16.5. The first kappa shape index (κ1) is 11.8. The zero-order valence-corrected chi connectivity index (χ0v) is 10.7. The summed E-state index contributed by atoms with van der Waals surface area (Å²) >= 11 is 0. The summed E-state index contributed by atoms with van der Waals surface area (Å²) in [6.07, 6.45) is 2.27. The molecule has 4 nitrogen and oxygen atoms in total. The lowest BCUT2D eigenvalue weighted by atomic mass is 10.1. The number of nitrogens with one attached hydrogen (secondary N) is 2. The number of aryl methyl sites for hydroxylation is 1. The average molecular weight is 247 g/mol. The Kier molecular flexibility index (Phi) is 3.67. The number of anilines is 1. The van der Waals surface area contributed by atoms with Gasteiger partial charge in [0.1, 0.15) is 5.75 Å². The van der Waals surface area contributed by atoms with Crippen molar-refractivity contribution in [3.63, 3.8) is 0 Å². The van der Waals surface area contributed by atoms with Gasteiger partial charge in [-0.2, -0.15) is 0 Å². The van der Waals surface area contributed by atoms with Gasteiger partial charge in [0.2, 0.25) is 0 Å². The van der Waals surface area contributed by atoms with Crippen molar-refractivity contribution >= 4 is 5.69 Å². The molecule has 1 aromatic carbocycles. The third-order valence-corrected chi connectivity index (χ3v) is 3.62. The molecule has 0 saturated carbocycles. The fourth-order valence-corrected chi connectivity index (χ4v) is 2.54. The Morgan fingerprint density at radius 1 is 1.28 bits per heavy atom. The summed E-state index contributed by atoms with van der Waals surface area (Å²) in [4.78, 5) is 2.44. The number of ether oxygens (including phenoxy) is 1. The van der Waals surface area contributed by atoms with E-state index in [1.165, 1.54) is 11.3 Å². The molecule has 0 amide bonds. The topological polar surface area (TPSA) is 36.5 Å². The highest BCUT2D eigenvalue weighted by Gasteiger charge is 2.12. The van der Waals surface area contributed by atoms with Crippen molar-refractivity contribution in [2.45, 2.75) is 12.8 Å². The molecule has 0 unspecified atom stereocenters. The van der Waals surface area contributed by atoms with E-state index >= 15 is 0 Å². The van der Waals surface area contributed by atoms with E-state index in [0.29, 0.717) is 0 Å². The molecule has 0 aromatic heterocycles. The molecule has 0 radical (unpaired) electrons. The van der Waals surface area contributed by atoms with Gasteiger partial charge in [-0.25, -0.2) is 0 Å². The molecule has 0 spiro atoms. The van der Waals surface area contributed by atoms with Gasteiger partial charge in [-0.1, -0.05) is 0 Å². The molecule has 98 valence electrons. The van der Waals surface area contributed by atoms with Crippen LogP contribution >= 0.6 is 0 Å². The van der Waals surface area contributed by atoms with E-state index in [0.717, 1.165) is 58.0 Å². The molecule has 1 fully saturated rings. The van der Waals surface area contributed by atoms with Crippen LogP contribution in [-0.2, 0) is 6.42 Å². The first-order valence-electron chi connectivity index (χ1n) is 6.84. The minimum atomic E-state index is 0.862. The number of hydrogen-bond acceptors (Lipinski definition) is 4. The quantitative estimate of drug-likeness (QED) is 0.844. The molecule has 4 heteroatoms. The summed E-state index contributed by atoms with van der Waals surface area (Å²) in [6, 6.07) is 6.44. The van der Waals surface area contributed by atoms with Gasteiger partial charge in [0.05, 0.1) is 13.3 Å². The van der Waals surface area contributed by atoms with Crippen LogP contribution in [0.5, 0.6) is 5.75 Å². The van der Waals surface area contributed by atoms with Crippen molar-refractivity contribution in [2.24, 2.45) is 0 Å². The monoisotopic (exact) mass is 247 g/mol. The predicted molar refractivity (Wildman–Crippen MR) is 73.2 cm³/mol. The Bertz CT molecular complexity index is 402. The van der Waals surface area contributed by atoms with Gasteiger partial charge in [0.25, 0.3) is 0 Å². The minimum absolute atomic E-state index is 0.862. The molecule has 2 N–H and O–H groups in total. The standard InChI is InChI=1S/C14H21N3O/c1-2-12-10-13(3-4-14(12)18-9-1)16-11-17-7-5-15-6-8-17/h3-4,10,15-16H,1-2,5-9,11H2. The van der Waals surface area contributed by atoms with Crippen LogP contribution in [0.15, 0.2) is 18.2 Å². The lowest BCUT2D eigenvalue weighted by molar-refractivity contribution is 0.256. The van der Waals surface area contributed by atoms with Crippen molar-refractivity contribution in [1.29, 1.82) is 0 Å². The van der Waals surface area contributed by atoms with Gasteiger partial charge in [-0.15, -0.1) is 0 Å². The van der Waals surface area contributed by atoms with Gasteiger partial charge in [-0.3, -0.25) is 4.90 Å². The van der Waals surface area contributed by atoms with E-state index in [9.17, 15) is 0 Å². The fourth-order valence-electron chi connectivity index (χ4n) is 2.54. The molecule has 2 aliphatic heterocycles. The lowest BCUT2D eigenvalue weighted by Gasteiger charge is -2.28. The Labute approximate surface area is 108 Å². The van der Waals surface area contributed by atoms with Crippen LogP contribution in [0.2, 0.25) is 0 Å². The third-order valence-electron chi connectivity index (χ3n) is 3.62. The molecule has 0 atom stereocenters. The summed E-state index contributed by atoms with van der Waals surface area (Å²) in [7, 11) is 0. The van der Waals surface area contributed by atoms with Crippen molar-refractivity contribution in [3.8, 4) is 5.75 Å². The maximum Gasteiger partial charge on any atom is 0.122 e. The van der Waals surface area contributed by atoms with E-state index in [4.69, 9.17) is 4.74 Å². The average Bonchev–Trinajstić information content (AvgIpc) is 2.46. The van der Waals surface area contributed by atoms with Crippen LogP contribution in [-0.4, -0.2) is 44.4 Å². The second kappa shape index (κ2) is 5.59. The molecule has 2 aliphatic rings. The summed E-state index contributed by atoms with van der Waals surface area (Å²) < 4.78 is 5.63. The Morgan fingerprint density at radius 2 is 2.17 bits per heavy atom. The second-order valence-electron chi connectivity index (χ2n) is 4.98. The summed E-state index contributed by atoms with van der Waals surface area (Å²) in [6.45, 7) is 6.24. The van der Waals surface area contributed by atoms with Gasteiger partial charge in [0.15, 0.2) is 0 Å². The Morgan fingerprint density at radius 3 is 3.06 bits per heavy atom. The van der Waals surface area contributed by atoms with Crippen LogP contribution in [0.4, 0.5) is 5.69 Å². The number of fused-ring (bicyclic) bond motifs is 1. The molecule has 2 heterocycles. The van der Waals surface area contributed by atoms with E-state index in [1.54, 1.807) is 0 Å². The first-order valence-corrected chi connectivity index (χ1v) is 6.84. The molecule has 1 aromatic rings. The molecule has 0 bridgehead atoms. The van der Waals surface area contributed by atoms with Crippen LogP contribution in [0.3, 0.4) is 0 Å². The maximum absolute atomic E-state index is 5.63. The first-order chi connectivity index (χ1) is 8.92. The van der Waals surface area contributed by atoms with Gasteiger partial charge in [0, 0.05) is 31.9 Å². The molecular formula is C14H21N3O. The summed E-state index contributed by atoms with van der Waals surface area (Å²) in [5.41, 5.74) is 2.55. The number of piperazine rings is 1. The van der Waals surface area contributed by atoms with Crippen LogP contribution in [0, 0.1) is 0 Å². The third kappa shape index (κ3) is 2.76. The largest absolute Gasteiger partial charge is 0.493 e. The molecular weight excluding hydrogens is 226 g/mol. The minimum Gasteiger partial charge on any atom is -0.493 e. The molecule has 18 heavy (non-hydrogen) atoms. The number of rotatable bonds is 3. The Balaban J connectivity index is 1.58. The van der Waals surface area contributed by atoms with Gasteiger partial charge >= 0.3 is 0 Å². The number of nitrogens with zero attached hydrogens (tertiary/aromatic N) is 1. The predicted octanol–water partition coefficient (Wildman–Crippen LogP) is 1.29. The Hall–Kier alpha value is -1.26. The highest BCUT2D eigenvalue weighted by Crippen LogP contribution is 2.27. The maximum atomic E-state index is 5.63. The van der Waals surface area contributed by atoms with Crippen molar-refractivity contribution in [3.05, 3.63) is 23.8 Å². The number of benzene rings is 1. The second-order valence-corrected chi connectivity index (χ2v) is 4.98. The van der Waals surface area contributed by atoms with Crippen LogP contribution in [0.1, 0.15) is 12.0 Å². The van der Waals surface area contributed by atoms with Gasteiger partial charge in [-0.05, 0) is 36.6 Å². The van der Waals surface area contributed by atoms with E-state index < -0.39 is 0 Å². The molecule has 3 rings (SSSR count). The zero-order valence-electron chi connectivity index (χ0n) is 10.7. The highest BCUT2D eigenvalue weighted by molar-refractivity contribution is 5.51. The van der Waals surface area contributed by atoms with E-state index in [-0.39, 0.29) is 0 Å². The zero-order chi connectivity index (χ0) is 12.2. The van der Waals surface area contributed by atoms with Crippen molar-refractivity contribution in [2.75, 3.05) is 44.8 Å². The van der Waals surface area contributed by atoms with Gasteiger partial charge < -0.3 is 15.4 Å². The smallest absolute Gasteiger partial charge is 0.122 e. The van der Waals surface area contributed by atoms with Crippen molar-refractivity contribution in [1.82, 2.24) is 10.2 Å². The molecule has 0 aliphatic carbocycles. The number of hydrogen-bond donors (Lipinski definition) is 2. The van der Waals surface area contributed by atoms with Crippen LogP contribution < -0.4 is 15.4 Å². The van der Waals surface area contributed by atoms with Crippen LogP contribution in [0.25, 0.3) is 0 Å². The van der Waals surface area contributed by atoms with Crippen molar-refractivity contribution < 1.29 is 4.74 Å². The van der Waals surface area contributed by atoms with E-state index in [2.05, 4.69) is 33.7 Å². The summed E-state index contributed by atoms with van der Waals surface area (Å²) in [5, 5.41) is 6.87.